The molecule has 0 saturated carbocycles. The van der Waals surface area contributed by atoms with E-state index in [1.165, 1.54) is 18.2 Å². The molecular formula is C31H22Cl2N2O5. The third-order valence-corrected chi connectivity index (χ3v) is 6.87. The van der Waals surface area contributed by atoms with Gasteiger partial charge < -0.3 is 14.8 Å². The van der Waals surface area contributed by atoms with Crippen molar-refractivity contribution in [1.29, 1.82) is 0 Å². The molecule has 1 N–H and O–H groups in total. The molecule has 0 radical (unpaired) electrons. The van der Waals surface area contributed by atoms with Gasteiger partial charge in [-0.05, 0) is 78.7 Å². The number of nitrogens with zero attached hydrogens (tertiary/aromatic N) is 1. The van der Waals surface area contributed by atoms with Crippen LogP contribution in [0.2, 0.25) is 5.02 Å². The maximum atomic E-state index is 13.0. The molecule has 2 amide bonds. The van der Waals surface area contributed by atoms with E-state index < -0.39 is 17.8 Å². The lowest BCUT2D eigenvalue weighted by atomic mass is 10.2. The first-order valence-corrected chi connectivity index (χ1v) is 13.0. The van der Waals surface area contributed by atoms with E-state index >= 15 is 0 Å². The number of anilines is 2. The van der Waals surface area contributed by atoms with E-state index in [1.54, 1.807) is 48.5 Å². The highest BCUT2D eigenvalue weighted by molar-refractivity contribution is 6.53. The van der Waals surface area contributed by atoms with Crippen molar-refractivity contribution in [1.82, 2.24) is 0 Å². The van der Waals surface area contributed by atoms with Crippen molar-refractivity contribution in [2.45, 2.75) is 13.5 Å². The minimum Gasteiger partial charge on any atom is -0.489 e. The van der Waals surface area contributed by atoms with Crippen LogP contribution in [-0.2, 0) is 16.2 Å². The molecule has 0 atom stereocenters. The second-order valence-corrected chi connectivity index (χ2v) is 9.69. The zero-order valence-electron chi connectivity index (χ0n) is 21.2. The Bertz CT molecular complexity index is 1620. The van der Waals surface area contributed by atoms with E-state index in [1.807, 2.05) is 37.3 Å². The lowest BCUT2D eigenvalue weighted by Crippen LogP contribution is -2.32. The van der Waals surface area contributed by atoms with Gasteiger partial charge in [-0.15, -0.1) is 0 Å². The minimum atomic E-state index is -0.661. The monoisotopic (exact) mass is 572 g/mol. The smallest absolute Gasteiger partial charge is 0.343 e. The van der Waals surface area contributed by atoms with E-state index in [2.05, 4.69) is 5.32 Å². The van der Waals surface area contributed by atoms with Crippen molar-refractivity contribution in [2.75, 3.05) is 10.2 Å². The van der Waals surface area contributed by atoms with Gasteiger partial charge in [0.25, 0.3) is 11.8 Å². The van der Waals surface area contributed by atoms with Crippen LogP contribution in [0.15, 0.2) is 108 Å². The number of aryl methyl sites for hydroxylation is 1. The number of carbonyl (C=O) groups excluding carboxylic acids is 3. The van der Waals surface area contributed by atoms with Crippen molar-refractivity contribution in [2.24, 2.45) is 0 Å². The number of nitrogens with one attached hydrogen (secondary N) is 1. The molecule has 40 heavy (non-hydrogen) atoms. The summed E-state index contributed by atoms with van der Waals surface area (Å²) in [5.74, 6) is -0.824. The summed E-state index contributed by atoms with van der Waals surface area (Å²) in [6, 6.07) is 27.6. The summed E-state index contributed by atoms with van der Waals surface area (Å²) in [4.78, 5) is 39.3. The molecule has 0 spiro atoms. The van der Waals surface area contributed by atoms with Gasteiger partial charge in [-0.3, -0.25) is 9.59 Å². The summed E-state index contributed by atoms with van der Waals surface area (Å²) in [7, 11) is 0. The number of hydrogen-bond acceptors (Lipinski definition) is 6. The first-order chi connectivity index (χ1) is 19.3. The Balaban J connectivity index is 1.20. The summed E-state index contributed by atoms with van der Waals surface area (Å²) >= 11 is 12.4. The molecule has 0 saturated heterocycles. The Morgan fingerprint density at radius 3 is 2.17 bits per heavy atom. The number of amides is 2. The fourth-order valence-electron chi connectivity index (χ4n) is 3.91. The molecular weight excluding hydrogens is 551 g/mol. The zero-order chi connectivity index (χ0) is 28.2. The predicted octanol–water partition coefficient (Wildman–Crippen LogP) is 6.88. The Morgan fingerprint density at radius 1 is 0.825 bits per heavy atom. The highest BCUT2D eigenvalue weighted by Crippen LogP contribution is 2.32. The number of imide groups is 1. The molecule has 0 aromatic heterocycles. The summed E-state index contributed by atoms with van der Waals surface area (Å²) in [6.45, 7) is 2.25. The molecule has 200 valence electrons. The number of hydrogen-bond donors (Lipinski definition) is 1. The summed E-state index contributed by atoms with van der Waals surface area (Å²) in [5, 5.41) is 3.05. The van der Waals surface area contributed by atoms with Gasteiger partial charge >= 0.3 is 5.97 Å². The number of halogens is 2. The third kappa shape index (κ3) is 5.86. The Kier molecular flexibility index (Phi) is 7.86. The van der Waals surface area contributed by atoms with Gasteiger partial charge in [-0.2, -0.15) is 0 Å². The topological polar surface area (TPSA) is 84.9 Å². The van der Waals surface area contributed by atoms with Crippen molar-refractivity contribution in [3.05, 3.63) is 130 Å². The maximum Gasteiger partial charge on any atom is 0.343 e. The van der Waals surface area contributed by atoms with Crippen LogP contribution in [0, 0.1) is 6.92 Å². The molecule has 4 aromatic rings. The van der Waals surface area contributed by atoms with Gasteiger partial charge in [0.15, 0.2) is 0 Å². The molecule has 1 aliphatic rings. The van der Waals surface area contributed by atoms with Crippen molar-refractivity contribution >= 4 is 52.4 Å². The second kappa shape index (κ2) is 11.7. The van der Waals surface area contributed by atoms with E-state index in [9.17, 15) is 14.4 Å². The van der Waals surface area contributed by atoms with Gasteiger partial charge in [-0.25, -0.2) is 9.69 Å². The lowest BCUT2D eigenvalue weighted by molar-refractivity contribution is -0.120. The van der Waals surface area contributed by atoms with Gasteiger partial charge in [-0.1, -0.05) is 59.6 Å². The summed E-state index contributed by atoms with van der Waals surface area (Å²) in [5.41, 5.74) is 2.84. The zero-order valence-corrected chi connectivity index (χ0v) is 22.7. The maximum absolute atomic E-state index is 13.0. The molecule has 1 heterocycles. The van der Waals surface area contributed by atoms with Gasteiger partial charge in [0.05, 0.1) is 11.3 Å². The minimum absolute atomic E-state index is 0.0757. The number of ether oxygens (including phenoxy) is 2. The van der Waals surface area contributed by atoms with E-state index in [4.69, 9.17) is 32.7 Å². The number of benzene rings is 4. The molecule has 0 aliphatic carbocycles. The van der Waals surface area contributed by atoms with Crippen LogP contribution >= 0.6 is 23.2 Å². The first-order valence-electron chi connectivity index (χ1n) is 12.2. The number of esters is 1. The van der Waals surface area contributed by atoms with Crippen LogP contribution in [0.1, 0.15) is 21.5 Å². The number of carbonyl (C=O) groups is 3. The van der Waals surface area contributed by atoms with Crippen LogP contribution in [0.5, 0.6) is 11.5 Å². The fraction of sp³-hybridized carbons (Fsp3) is 0.0645. The lowest BCUT2D eigenvalue weighted by Gasteiger charge is -2.16. The largest absolute Gasteiger partial charge is 0.489 e. The summed E-state index contributed by atoms with van der Waals surface area (Å²) < 4.78 is 11.2. The van der Waals surface area contributed by atoms with Crippen LogP contribution < -0.4 is 19.7 Å². The van der Waals surface area contributed by atoms with Crippen molar-refractivity contribution in [3.63, 3.8) is 0 Å². The summed E-state index contributed by atoms with van der Waals surface area (Å²) in [6.07, 6.45) is 0. The molecule has 4 aromatic carbocycles. The third-order valence-electron chi connectivity index (χ3n) is 6.11. The quantitative estimate of drug-likeness (QED) is 0.141. The van der Waals surface area contributed by atoms with Crippen LogP contribution in [0.25, 0.3) is 0 Å². The molecule has 0 bridgehead atoms. The SMILES string of the molecule is Cc1ccc(N2C(=O)C(Cl)=C(Nc3ccc(C(=O)Oc4ccc(OCc5ccccc5)cc4)cc3)C2=O)cc1Cl. The molecule has 7 nitrogen and oxygen atoms in total. The predicted molar refractivity (Wildman–Crippen MR) is 154 cm³/mol. The van der Waals surface area contributed by atoms with Crippen LogP contribution in [0.4, 0.5) is 11.4 Å². The highest BCUT2D eigenvalue weighted by Gasteiger charge is 2.39. The van der Waals surface area contributed by atoms with Crippen molar-refractivity contribution < 1.29 is 23.9 Å². The van der Waals surface area contributed by atoms with Gasteiger partial charge in [0, 0.05) is 10.7 Å². The average Bonchev–Trinajstić information content (AvgIpc) is 3.18. The Hall–Kier alpha value is -4.59. The van der Waals surface area contributed by atoms with E-state index in [0.717, 1.165) is 16.0 Å². The van der Waals surface area contributed by atoms with E-state index in [-0.39, 0.29) is 10.7 Å². The van der Waals surface area contributed by atoms with Gasteiger partial charge in [0.2, 0.25) is 0 Å². The fourth-order valence-corrected chi connectivity index (χ4v) is 4.30. The standard InChI is InChI=1S/C31H22Cl2N2O5/c1-19-7-12-23(17-26(19)32)35-29(36)27(33)28(30(35)37)34-22-10-8-21(9-11-22)31(38)40-25-15-13-24(14-16-25)39-18-20-5-3-2-4-6-20/h2-17,34H,18H2,1H3. The Labute approximate surface area is 240 Å². The number of rotatable bonds is 8. The molecule has 9 heteroatoms. The molecule has 0 unspecified atom stereocenters. The van der Waals surface area contributed by atoms with Crippen LogP contribution in [0.3, 0.4) is 0 Å². The molecule has 0 fully saturated rings. The van der Waals surface area contributed by atoms with Crippen LogP contribution in [-0.4, -0.2) is 17.8 Å². The normalized spacial score (nSPS) is 13.0. The average molecular weight is 573 g/mol. The highest BCUT2D eigenvalue weighted by atomic mass is 35.5. The van der Waals surface area contributed by atoms with Crippen molar-refractivity contribution in [3.8, 4) is 11.5 Å². The Morgan fingerprint density at radius 2 is 1.50 bits per heavy atom. The first kappa shape index (κ1) is 27.0. The molecule has 5 rings (SSSR count). The van der Waals surface area contributed by atoms with Gasteiger partial charge in [0.1, 0.15) is 28.8 Å². The molecule has 1 aliphatic heterocycles. The van der Waals surface area contributed by atoms with E-state index in [0.29, 0.717) is 40.1 Å². The second-order valence-electron chi connectivity index (χ2n) is 8.91.